The molecule has 4 aromatic carbocycles. The summed E-state index contributed by atoms with van der Waals surface area (Å²) in [6, 6.07) is 37.9. The van der Waals surface area contributed by atoms with Gasteiger partial charge >= 0.3 is 0 Å². The first-order valence-electron chi connectivity index (χ1n) is 16.8. The average molecular weight is 673 g/mol. The van der Waals surface area contributed by atoms with E-state index in [4.69, 9.17) is 37.9 Å². The lowest BCUT2D eigenvalue weighted by Gasteiger charge is -2.36. The summed E-state index contributed by atoms with van der Waals surface area (Å²) in [6.07, 6.45) is 0.801. The number of carbonyl (C=O) groups is 1. The number of rotatable bonds is 27. The van der Waals surface area contributed by atoms with Gasteiger partial charge in [0.1, 0.15) is 24.2 Å². The fourth-order valence-corrected chi connectivity index (χ4v) is 5.08. The second kappa shape index (κ2) is 23.4. The number of ether oxygens (including phenoxy) is 8. The van der Waals surface area contributed by atoms with Gasteiger partial charge in [0.05, 0.1) is 85.9 Å². The zero-order chi connectivity index (χ0) is 34.1. The Morgan fingerprint density at radius 1 is 0.388 bits per heavy atom. The summed E-state index contributed by atoms with van der Waals surface area (Å²) >= 11 is 0. The molecule has 0 aromatic heterocycles. The van der Waals surface area contributed by atoms with E-state index in [0.717, 1.165) is 23.0 Å². The summed E-state index contributed by atoms with van der Waals surface area (Å²) in [7, 11) is 0. The molecule has 0 unspecified atom stereocenters. The third-order valence-corrected chi connectivity index (χ3v) is 7.46. The van der Waals surface area contributed by atoms with Crippen molar-refractivity contribution in [1.29, 1.82) is 0 Å². The minimum absolute atomic E-state index is 0.414. The van der Waals surface area contributed by atoms with E-state index in [1.54, 1.807) is 24.3 Å². The molecule has 0 aliphatic carbocycles. The van der Waals surface area contributed by atoms with Crippen LogP contribution in [0.15, 0.2) is 115 Å². The van der Waals surface area contributed by atoms with Crippen molar-refractivity contribution in [3.05, 3.63) is 138 Å². The average Bonchev–Trinajstić information content (AvgIpc) is 3.16. The van der Waals surface area contributed by atoms with Crippen molar-refractivity contribution in [3.8, 4) is 5.75 Å². The van der Waals surface area contributed by atoms with Crippen LogP contribution in [0, 0.1) is 0 Å². The van der Waals surface area contributed by atoms with Crippen LogP contribution >= 0.6 is 0 Å². The Bertz CT molecular complexity index is 1290. The van der Waals surface area contributed by atoms with Gasteiger partial charge in [-0.25, -0.2) is 0 Å². The standard InChI is InChI=1S/C40H48O9/c41-34-35-16-18-39(19-17-35)48-32-30-46-28-26-44-24-22-42-20-21-43-23-25-45-27-29-47-31-33-49-40(36-10-4-1-5-11-36,37-12-6-2-7-13-37)38-14-8-3-9-15-38/h1-19,34H,20-33H2. The van der Waals surface area contributed by atoms with Crippen molar-refractivity contribution >= 4 is 6.29 Å². The number of carbonyl (C=O) groups excluding carboxylic acids is 1. The zero-order valence-electron chi connectivity index (χ0n) is 28.1. The van der Waals surface area contributed by atoms with E-state index >= 15 is 0 Å². The van der Waals surface area contributed by atoms with E-state index < -0.39 is 5.60 Å². The van der Waals surface area contributed by atoms with Gasteiger partial charge in [-0.15, -0.1) is 0 Å². The molecule has 0 N–H and O–H groups in total. The lowest BCUT2D eigenvalue weighted by atomic mass is 9.80. The van der Waals surface area contributed by atoms with E-state index in [0.29, 0.717) is 104 Å². The number of hydrogen-bond acceptors (Lipinski definition) is 9. The highest BCUT2D eigenvalue weighted by Crippen LogP contribution is 2.40. The SMILES string of the molecule is O=Cc1ccc(OCCOCCOCCOCCOCCOCCOCCOC(c2ccccc2)(c2ccccc2)c2ccccc2)cc1. The predicted molar refractivity (Wildman–Crippen MR) is 187 cm³/mol. The monoisotopic (exact) mass is 672 g/mol. The van der Waals surface area contributed by atoms with Crippen LogP contribution in [0.5, 0.6) is 5.75 Å². The summed E-state index contributed by atoms with van der Waals surface area (Å²) in [5.41, 5.74) is 3.06. The molecular formula is C40H48O9. The molecule has 9 heteroatoms. The number of hydrogen-bond donors (Lipinski definition) is 0. The Morgan fingerprint density at radius 3 is 1.06 bits per heavy atom. The highest BCUT2D eigenvalue weighted by molar-refractivity contribution is 5.74. The van der Waals surface area contributed by atoms with Crippen molar-refractivity contribution < 1.29 is 42.7 Å². The molecule has 0 saturated carbocycles. The van der Waals surface area contributed by atoms with Gasteiger partial charge < -0.3 is 37.9 Å². The largest absolute Gasteiger partial charge is 0.491 e. The number of benzene rings is 4. The fourth-order valence-electron chi connectivity index (χ4n) is 5.08. The Labute approximate surface area is 290 Å². The summed E-state index contributed by atoms with van der Waals surface area (Å²) in [6.45, 7) is 6.59. The minimum Gasteiger partial charge on any atom is -0.491 e. The molecule has 49 heavy (non-hydrogen) atoms. The minimum atomic E-state index is -0.752. The number of aldehydes is 1. The maximum atomic E-state index is 10.7. The van der Waals surface area contributed by atoms with E-state index in [1.165, 1.54) is 0 Å². The quantitative estimate of drug-likeness (QED) is 0.0431. The second-order valence-electron chi connectivity index (χ2n) is 10.8. The smallest absolute Gasteiger partial charge is 0.150 e. The van der Waals surface area contributed by atoms with E-state index in [1.807, 2.05) is 54.6 Å². The first-order chi connectivity index (χ1) is 24.3. The van der Waals surface area contributed by atoms with Crippen LogP contribution in [0.25, 0.3) is 0 Å². The zero-order valence-corrected chi connectivity index (χ0v) is 28.1. The van der Waals surface area contributed by atoms with Crippen LogP contribution in [0.1, 0.15) is 27.0 Å². The topological polar surface area (TPSA) is 90.9 Å². The lowest BCUT2D eigenvalue weighted by Crippen LogP contribution is -2.34. The molecule has 9 nitrogen and oxygen atoms in total. The Hall–Kier alpha value is -3.93. The van der Waals surface area contributed by atoms with Gasteiger partial charge in [0, 0.05) is 5.56 Å². The van der Waals surface area contributed by atoms with Gasteiger partial charge in [-0.3, -0.25) is 4.79 Å². The molecular weight excluding hydrogens is 624 g/mol. The van der Waals surface area contributed by atoms with Gasteiger partial charge in [0.2, 0.25) is 0 Å². The van der Waals surface area contributed by atoms with Crippen molar-refractivity contribution in [1.82, 2.24) is 0 Å². The summed E-state index contributed by atoms with van der Waals surface area (Å²) in [5.74, 6) is 0.705. The van der Waals surface area contributed by atoms with Crippen molar-refractivity contribution in [2.75, 3.05) is 92.5 Å². The third kappa shape index (κ3) is 13.5. The van der Waals surface area contributed by atoms with Crippen LogP contribution in [0.2, 0.25) is 0 Å². The molecule has 0 atom stereocenters. The maximum absolute atomic E-state index is 10.7. The van der Waals surface area contributed by atoms with E-state index in [9.17, 15) is 4.79 Å². The van der Waals surface area contributed by atoms with Crippen LogP contribution in [-0.4, -0.2) is 98.8 Å². The Kier molecular flexibility index (Phi) is 18.1. The third-order valence-electron chi connectivity index (χ3n) is 7.46. The van der Waals surface area contributed by atoms with Gasteiger partial charge in [-0.2, -0.15) is 0 Å². The molecule has 262 valence electrons. The highest BCUT2D eigenvalue weighted by Gasteiger charge is 2.37. The highest BCUT2D eigenvalue weighted by atomic mass is 16.6. The van der Waals surface area contributed by atoms with Crippen LogP contribution in [-0.2, 0) is 38.8 Å². The predicted octanol–water partition coefficient (Wildman–Crippen LogP) is 5.99. The van der Waals surface area contributed by atoms with Gasteiger partial charge in [-0.1, -0.05) is 91.0 Å². The van der Waals surface area contributed by atoms with Crippen LogP contribution in [0.3, 0.4) is 0 Å². The summed E-state index contributed by atoms with van der Waals surface area (Å²) < 4.78 is 45.9. The van der Waals surface area contributed by atoms with Gasteiger partial charge in [0.15, 0.2) is 0 Å². The van der Waals surface area contributed by atoms with E-state index in [-0.39, 0.29) is 0 Å². The van der Waals surface area contributed by atoms with Crippen LogP contribution < -0.4 is 4.74 Å². The summed E-state index contributed by atoms with van der Waals surface area (Å²) in [5, 5.41) is 0. The fraction of sp³-hybridized carbons (Fsp3) is 0.375. The van der Waals surface area contributed by atoms with E-state index in [2.05, 4.69) is 36.4 Å². The lowest BCUT2D eigenvalue weighted by molar-refractivity contribution is -0.0395. The molecule has 0 bridgehead atoms. The molecule has 0 amide bonds. The molecule has 0 saturated heterocycles. The van der Waals surface area contributed by atoms with Gasteiger partial charge in [0.25, 0.3) is 0 Å². The first-order valence-corrected chi connectivity index (χ1v) is 16.8. The maximum Gasteiger partial charge on any atom is 0.150 e. The Morgan fingerprint density at radius 2 is 0.714 bits per heavy atom. The Balaban J connectivity index is 0.965. The molecule has 0 aliphatic rings. The molecule has 4 aromatic rings. The molecule has 0 radical (unpaired) electrons. The molecule has 0 spiro atoms. The first kappa shape index (κ1) is 37.9. The van der Waals surface area contributed by atoms with Crippen LogP contribution in [0.4, 0.5) is 0 Å². The normalized spacial score (nSPS) is 11.4. The van der Waals surface area contributed by atoms with Crippen molar-refractivity contribution in [3.63, 3.8) is 0 Å². The van der Waals surface area contributed by atoms with Gasteiger partial charge in [-0.05, 0) is 41.0 Å². The van der Waals surface area contributed by atoms with Crippen molar-refractivity contribution in [2.45, 2.75) is 5.60 Å². The van der Waals surface area contributed by atoms with Crippen molar-refractivity contribution in [2.24, 2.45) is 0 Å². The molecule has 0 aliphatic heterocycles. The molecule has 0 heterocycles. The summed E-state index contributed by atoms with van der Waals surface area (Å²) in [4.78, 5) is 10.7. The second-order valence-corrected chi connectivity index (χ2v) is 10.8. The molecule has 4 rings (SSSR count). The molecule has 0 fully saturated rings.